The summed E-state index contributed by atoms with van der Waals surface area (Å²) < 4.78 is 1.50. The second kappa shape index (κ2) is 6.74. The van der Waals surface area contributed by atoms with E-state index in [9.17, 15) is 0 Å². The molecule has 0 aliphatic rings. The molecule has 2 N–H and O–H groups in total. The predicted molar refractivity (Wildman–Crippen MR) is 102 cm³/mol. The molecule has 5 nitrogen and oxygen atoms in total. The van der Waals surface area contributed by atoms with Crippen LogP contribution in [0.3, 0.4) is 0 Å². The first kappa shape index (κ1) is 15.9. The van der Waals surface area contributed by atoms with E-state index in [1.54, 1.807) is 0 Å². The minimum atomic E-state index is 0.498. The van der Waals surface area contributed by atoms with Gasteiger partial charge in [-0.1, -0.05) is 71.9 Å². The Morgan fingerprint density at radius 1 is 1.00 bits per heavy atom. The molecule has 2 aromatic heterocycles. The quantitative estimate of drug-likeness (QED) is 0.333. The van der Waals surface area contributed by atoms with Gasteiger partial charge in [0.15, 0.2) is 5.82 Å². The minimum absolute atomic E-state index is 0.498. The van der Waals surface area contributed by atoms with Gasteiger partial charge < -0.3 is 5.84 Å². The van der Waals surface area contributed by atoms with E-state index in [1.807, 2.05) is 60.7 Å². The van der Waals surface area contributed by atoms with Crippen molar-refractivity contribution < 1.29 is 0 Å². The Morgan fingerprint density at radius 2 is 1.76 bits per heavy atom. The number of hydrogen-bond donors (Lipinski definition) is 1. The van der Waals surface area contributed by atoms with Crippen LogP contribution in [0.15, 0.2) is 65.8 Å². The van der Waals surface area contributed by atoms with E-state index in [2.05, 4.69) is 15.2 Å². The van der Waals surface area contributed by atoms with Crippen molar-refractivity contribution in [1.29, 1.82) is 0 Å². The molecular weight excluding hydrogens is 354 g/mol. The zero-order chi connectivity index (χ0) is 17.2. The number of rotatable bonds is 4. The van der Waals surface area contributed by atoms with Crippen LogP contribution in [-0.4, -0.2) is 19.9 Å². The summed E-state index contributed by atoms with van der Waals surface area (Å²) in [7, 11) is 0. The monoisotopic (exact) mass is 367 g/mol. The normalized spacial score (nSPS) is 11.1. The standard InChI is InChI=1S/C18H14ClN5S/c19-16-14(10-13-8-4-5-9-15(13)21-16)11-25-18-23-22-17(24(18)20)12-6-2-1-3-7-12/h1-10H,11,20H2. The van der Waals surface area contributed by atoms with Crippen molar-refractivity contribution in [3.05, 3.63) is 71.4 Å². The van der Waals surface area contributed by atoms with Crippen molar-refractivity contribution in [2.24, 2.45) is 0 Å². The van der Waals surface area contributed by atoms with E-state index >= 15 is 0 Å². The molecule has 124 valence electrons. The fourth-order valence-corrected chi connectivity index (χ4v) is 3.66. The lowest BCUT2D eigenvalue weighted by Crippen LogP contribution is -2.11. The number of nitrogens with two attached hydrogens (primary N) is 1. The molecule has 4 rings (SSSR count). The number of aromatic nitrogens is 4. The Balaban J connectivity index is 1.58. The molecule has 0 spiro atoms. The number of benzene rings is 2. The second-order valence-corrected chi connectivity index (χ2v) is 6.76. The van der Waals surface area contributed by atoms with Crippen molar-refractivity contribution in [3.8, 4) is 11.4 Å². The molecule has 4 aromatic rings. The van der Waals surface area contributed by atoms with Crippen LogP contribution in [0.25, 0.3) is 22.3 Å². The van der Waals surface area contributed by atoms with Gasteiger partial charge in [-0.25, -0.2) is 9.66 Å². The number of pyridine rings is 1. The minimum Gasteiger partial charge on any atom is -0.335 e. The molecule has 0 radical (unpaired) electrons. The Bertz CT molecular complexity index is 1030. The molecule has 2 aromatic carbocycles. The highest BCUT2D eigenvalue weighted by Gasteiger charge is 2.13. The average Bonchev–Trinajstić information content (AvgIpc) is 3.01. The number of halogens is 1. The van der Waals surface area contributed by atoms with Gasteiger partial charge in [-0.15, -0.1) is 10.2 Å². The number of nitrogen functional groups attached to an aromatic ring is 1. The first-order valence-corrected chi connectivity index (χ1v) is 9.01. The fourth-order valence-electron chi connectivity index (χ4n) is 2.54. The van der Waals surface area contributed by atoms with Crippen molar-refractivity contribution in [1.82, 2.24) is 19.9 Å². The molecule has 0 aliphatic carbocycles. The molecule has 7 heteroatoms. The van der Waals surface area contributed by atoms with Crippen LogP contribution in [0.4, 0.5) is 0 Å². The smallest absolute Gasteiger partial charge is 0.210 e. The molecule has 0 bridgehead atoms. The van der Waals surface area contributed by atoms with Crippen LogP contribution in [0, 0.1) is 0 Å². The van der Waals surface area contributed by atoms with Gasteiger partial charge in [-0.2, -0.15) is 0 Å². The van der Waals surface area contributed by atoms with Gasteiger partial charge in [0.2, 0.25) is 5.16 Å². The van der Waals surface area contributed by atoms with E-state index < -0.39 is 0 Å². The van der Waals surface area contributed by atoms with Crippen LogP contribution in [-0.2, 0) is 5.75 Å². The maximum absolute atomic E-state index is 6.31. The number of para-hydroxylation sites is 1. The molecule has 0 saturated carbocycles. The van der Waals surface area contributed by atoms with E-state index in [0.717, 1.165) is 22.0 Å². The summed E-state index contributed by atoms with van der Waals surface area (Å²) in [5, 5.41) is 10.6. The summed E-state index contributed by atoms with van der Waals surface area (Å²) in [6.07, 6.45) is 0. The first-order valence-electron chi connectivity index (χ1n) is 7.65. The summed E-state index contributed by atoms with van der Waals surface area (Å²) in [6.45, 7) is 0. The second-order valence-electron chi connectivity index (χ2n) is 5.46. The Kier molecular flexibility index (Phi) is 4.29. The third kappa shape index (κ3) is 3.18. The van der Waals surface area contributed by atoms with Gasteiger partial charge >= 0.3 is 0 Å². The third-order valence-corrected chi connectivity index (χ3v) is 5.12. The third-order valence-electron chi connectivity index (χ3n) is 3.80. The topological polar surface area (TPSA) is 69.6 Å². The van der Waals surface area contributed by atoms with Crippen LogP contribution in [0.5, 0.6) is 0 Å². The summed E-state index contributed by atoms with van der Waals surface area (Å²) in [4.78, 5) is 4.44. The largest absolute Gasteiger partial charge is 0.335 e. The van der Waals surface area contributed by atoms with E-state index in [4.69, 9.17) is 17.4 Å². The highest BCUT2D eigenvalue weighted by Crippen LogP contribution is 2.28. The highest BCUT2D eigenvalue weighted by atomic mass is 35.5. The number of hydrogen-bond acceptors (Lipinski definition) is 5. The highest BCUT2D eigenvalue weighted by molar-refractivity contribution is 7.98. The SMILES string of the molecule is Nn1c(SCc2cc3ccccc3nc2Cl)nnc1-c1ccccc1. The van der Waals surface area contributed by atoms with Gasteiger partial charge in [0.1, 0.15) is 5.15 Å². The van der Waals surface area contributed by atoms with E-state index in [1.165, 1.54) is 16.4 Å². The average molecular weight is 368 g/mol. The number of nitrogens with zero attached hydrogens (tertiary/aromatic N) is 4. The van der Waals surface area contributed by atoms with Gasteiger partial charge in [-0.05, 0) is 12.1 Å². The summed E-state index contributed by atoms with van der Waals surface area (Å²) in [6, 6.07) is 19.7. The molecular formula is C18H14ClN5S. The maximum Gasteiger partial charge on any atom is 0.210 e. The zero-order valence-electron chi connectivity index (χ0n) is 13.1. The van der Waals surface area contributed by atoms with E-state index in [0.29, 0.717) is 21.9 Å². The van der Waals surface area contributed by atoms with Gasteiger partial charge in [0, 0.05) is 22.3 Å². The fraction of sp³-hybridized carbons (Fsp3) is 0.0556. The molecule has 0 aliphatic heterocycles. The maximum atomic E-state index is 6.31. The molecule has 0 atom stereocenters. The van der Waals surface area contributed by atoms with Crippen LogP contribution in [0.2, 0.25) is 5.15 Å². The Hall–Kier alpha value is -2.57. The lowest BCUT2D eigenvalue weighted by Gasteiger charge is -2.06. The van der Waals surface area contributed by atoms with E-state index in [-0.39, 0.29) is 0 Å². The van der Waals surface area contributed by atoms with Gasteiger partial charge in [-0.3, -0.25) is 0 Å². The summed E-state index contributed by atoms with van der Waals surface area (Å²) in [5.41, 5.74) is 2.75. The molecule has 0 fully saturated rings. The lowest BCUT2D eigenvalue weighted by atomic mass is 10.2. The Morgan fingerprint density at radius 3 is 2.60 bits per heavy atom. The van der Waals surface area contributed by atoms with Crippen molar-refractivity contribution in [2.45, 2.75) is 10.9 Å². The Labute approximate surface area is 153 Å². The first-order chi connectivity index (χ1) is 12.2. The van der Waals surface area contributed by atoms with Gasteiger partial charge in [0.25, 0.3) is 0 Å². The number of thioether (sulfide) groups is 1. The molecule has 0 amide bonds. The lowest BCUT2D eigenvalue weighted by molar-refractivity contribution is 0.849. The molecule has 2 heterocycles. The van der Waals surface area contributed by atoms with Crippen LogP contribution < -0.4 is 5.84 Å². The molecule has 0 saturated heterocycles. The van der Waals surface area contributed by atoms with Crippen molar-refractivity contribution in [3.63, 3.8) is 0 Å². The van der Waals surface area contributed by atoms with Crippen molar-refractivity contribution in [2.75, 3.05) is 5.84 Å². The number of fused-ring (bicyclic) bond motifs is 1. The van der Waals surface area contributed by atoms with Crippen molar-refractivity contribution >= 4 is 34.3 Å². The summed E-state index contributed by atoms with van der Waals surface area (Å²) in [5.74, 6) is 7.39. The summed E-state index contributed by atoms with van der Waals surface area (Å²) >= 11 is 7.79. The molecule has 0 unspecified atom stereocenters. The van der Waals surface area contributed by atoms with Crippen LogP contribution in [0.1, 0.15) is 5.56 Å². The predicted octanol–water partition coefficient (Wildman–Crippen LogP) is 4.15. The van der Waals surface area contributed by atoms with Crippen LogP contribution >= 0.6 is 23.4 Å². The zero-order valence-corrected chi connectivity index (χ0v) is 14.7. The molecule has 25 heavy (non-hydrogen) atoms. The van der Waals surface area contributed by atoms with Gasteiger partial charge in [0.05, 0.1) is 5.52 Å².